The van der Waals surface area contributed by atoms with Crippen molar-refractivity contribution in [2.24, 2.45) is 0 Å². The molecule has 0 atom stereocenters. The first-order valence-electron chi connectivity index (χ1n) is 7.66. The second-order valence-electron chi connectivity index (χ2n) is 5.59. The van der Waals surface area contributed by atoms with E-state index < -0.39 is 10.0 Å². The number of rotatable bonds is 5. The van der Waals surface area contributed by atoms with Crippen LogP contribution < -0.4 is 10.3 Å². The fraction of sp³-hybridized carbons (Fsp3) is 0.111. The number of H-pyrrole nitrogens is 1. The van der Waals surface area contributed by atoms with Crippen LogP contribution in [0.4, 0.5) is 0 Å². The molecule has 1 aromatic heterocycles. The number of nitrogens with zero attached hydrogens (tertiary/aromatic N) is 1. The molecule has 0 saturated carbocycles. The number of aromatic nitrogens is 2. The maximum atomic E-state index is 12.4. The maximum absolute atomic E-state index is 12.4. The van der Waals surface area contributed by atoms with E-state index in [1.165, 1.54) is 12.1 Å². The van der Waals surface area contributed by atoms with Crippen LogP contribution in [0.25, 0.3) is 11.1 Å². The van der Waals surface area contributed by atoms with Gasteiger partial charge in [0, 0.05) is 6.54 Å². The molecule has 0 aliphatic heterocycles. The van der Waals surface area contributed by atoms with E-state index in [1.807, 2.05) is 30.3 Å². The fourth-order valence-electron chi connectivity index (χ4n) is 2.39. The first kappa shape index (κ1) is 17.1. The average molecular weight is 355 g/mol. The van der Waals surface area contributed by atoms with Crippen LogP contribution in [0, 0.1) is 6.92 Å². The lowest BCUT2D eigenvalue weighted by Crippen LogP contribution is -2.23. The van der Waals surface area contributed by atoms with Crippen molar-refractivity contribution in [1.82, 2.24) is 14.9 Å². The lowest BCUT2D eigenvalue weighted by molar-refractivity contribution is 0.581. The maximum Gasteiger partial charge on any atom is 0.272 e. The Bertz CT molecular complexity index is 1030. The molecule has 2 aromatic carbocycles. The van der Waals surface area contributed by atoms with E-state index in [0.29, 0.717) is 16.8 Å². The lowest BCUT2D eigenvalue weighted by atomic mass is 10.1. The fourth-order valence-corrected chi connectivity index (χ4v) is 3.41. The molecule has 128 valence electrons. The first-order valence-corrected chi connectivity index (χ1v) is 9.14. The second kappa shape index (κ2) is 7.00. The van der Waals surface area contributed by atoms with Gasteiger partial charge in [0.05, 0.1) is 16.2 Å². The molecular weight excluding hydrogens is 338 g/mol. The number of sulfonamides is 1. The zero-order valence-electron chi connectivity index (χ0n) is 13.6. The highest BCUT2D eigenvalue weighted by Gasteiger charge is 2.14. The van der Waals surface area contributed by atoms with Crippen LogP contribution in [-0.4, -0.2) is 18.6 Å². The second-order valence-corrected chi connectivity index (χ2v) is 7.35. The molecule has 2 N–H and O–H groups in total. The van der Waals surface area contributed by atoms with Crippen molar-refractivity contribution in [1.29, 1.82) is 0 Å². The summed E-state index contributed by atoms with van der Waals surface area (Å²) in [6.07, 6.45) is 0. The quantitative estimate of drug-likeness (QED) is 0.734. The van der Waals surface area contributed by atoms with E-state index in [4.69, 9.17) is 0 Å². The number of nitrogens with one attached hydrogen (secondary N) is 2. The predicted molar refractivity (Wildman–Crippen MR) is 95.5 cm³/mol. The van der Waals surface area contributed by atoms with E-state index in [2.05, 4.69) is 14.9 Å². The van der Waals surface area contributed by atoms with Crippen molar-refractivity contribution in [2.45, 2.75) is 18.4 Å². The van der Waals surface area contributed by atoms with Gasteiger partial charge in [-0.3, -0.25) is 4.79 Å². The van der Waals surface area contributed by atoms with Crippen molar-refractivity contribution in [3.8, 4) is 11.1 Å². The summed E-state index contributed by atoms with van der Waals surface area (Å²) < 4.78 is 27.3. The monoisotopic (exact) mass is 355 g/mol. The summed E-state index contributed by atoms with van der Waals surface area (Å²) in [7, 11) is -3.62. The van der Waals surface area contributed by atoms with Crippen LogP contribution >= 0.6 is 0 Å². The lowest BCUT2D eigenvalue weighted by Gasteiger charge is -2.08. The van der Waals surface area contributed by atoms with Gasteiger partial charge in [0.25, 0.3) is 5.56 Å². The van der Waals surface area contributed by atoms with E-state index in [1.54, 1.807) is 25.1 Å². The minimum atomic E-state index is -3.62. The molecule has 25 heavy (non-hydrogen) atoms. The summed E-state index contributed by atoms with van der Waals surface area (Å²) in [4.78, 5) is 12.0. The normalized spacial score (nSPS) is 11.4. The van der Waals surface area contributed by atoms with Gasteiger partial charge in [0.1, 0.15) is 0 Å². The molecule has 0 amide bonds. The van der Waals surface area contributed by atoms with Crippen LogP contribution in [0.1, 0.15) is 11.3 Å². The van der Waals surface area contributed by atoms with Crippen LogP contribution in [0.5, 0.6) is 0 Å². The number of aromatic amines is 1. The topological polar surface area (TPSA) is 91.9 Å². The van der Waals surface area contributed by atoms with Gasteiger partial charge in [-0.2, -0.15) is 5.10 Å². The summed E-state index contributed by atoms with van der Waals surface area (Å²) in [6.45, 7) is 1.99. The SMILES string of the molecule is Cc1cc(-c2ccc(S(=O)(=O)NCc3ccccc3)cc2)c(=O)[nH]n1. The Morgan fingerprint density at radius 3 is 2.40 bits per heavy atom. The number of hydrogen-bond acceptors (Lipinski definition) is 4. The molecule has 3 aromatic rings. The Labute approximate surface area is 145 Å². The summed E-state index contributed by atoms with van der Waals surface area (Å²) in [5, 5.41) is 6.25. The van der Waals surface area contributed by atoms with Gasteiger partial charge in [-0.1, -0.05) is 42.5 Å². The van der Waals surface area contributed by atoms with E-state index in [-0.39, 0.29) is 17.0 Å². The molecule has 0 fully saturated rings. The molecule has 0 aliphatic carbocycles. The third kappa shape index (κ3) is 4.01. The number of benzene rings is 2. The first-order chi connectivity index (χ1) is 12.0. The van der Waals surface area contributed by atoms with Crippen molar-refractivity contribution in [2.75, 3.05) is 0 Å². The van der Waals surface area contributed by atoms with E-state index in [0.717, 1.165) is 5.56 Å². The van der Waals surface area contributed by atoms with Crippen molar-refractivity contribution in [3.05, 3.63) is 82.3 Å². The van der Waals surface area contributed by atoms with E-state index >= 15 is 0 Å². The molecule has 0 saturated heterocycles. The molecule has 3 rings (SSSR count). The zero-order chi connectivity index (χ0) is 17.9. The van der Waals surface area contributed by atoms with Gasteiger partial charge in [0.15, 0.2) is 0 Å². The van der Waals surface area contributed by atoms with Gasteiger partial charge in [-0.05, 0) is 36.2 Å². The third-order valence-corrected chi connectivity index (χ3v) is 5.13. The van der Waals surface area contributed by atoms with Gasteiger partial charge in [0.2, 0.25) is 10.0 Å². The number of hydrogen-bond donors (Lipinski definition) is 2. The Balaban J connectivity index is 1.81. The van der Waals surface area contributed by atoms with Gasteiger partial charge in [-0.15, -0.1) is 0 Å². The predicted octanol–water partition coefficient (Wildman–Crippen LogP) is 2.22. The highest BCUT2D eigenvalue weighted by molar-refractivity contribution is 7.89. The molecule has 1 heterocycles. The van der Waals surface area contributed by atoms with E-state index in [9.17, 15) is 13.2 Å². The molecule has 0 bridgehead atoms. The molecule has 7 heteroatoms. The summed E-state index contributed by atoms with van der Waals surface area (Å²) in [6, 6.07) is 17.1. The minimum absolute atomic E-state index is 0.148. The largest absolute Gasteiger partial charge is 0.272 e. The van der Waals surface area contributed by atoms with Crippen LogP contribution in [-0.2, 0) is 16.6 Å². The Morgan fingerprint density at radius 2 is 1.72 bits per heavy atom. The third-order valence-electron chi connectivity index (χ3n) is 3.72. The van der Waals surface area contributed by atoms with Gasteiger partial charge < -0.3 is 0 Å². The average Bonchev–Trinajstić information content (AvgIpc) is 2.63. The Kier molecular flexibility index (Phi) is 4.78. The molecule has 0 unspecified atom stereocenters. The zero-order valence-corrected chi connectivity index (χ0v) is 14.4. The molecular formula is C18H17N3O3S. The Morgan fingerprint density at radius 1 is 1.04 bits per heavy atom. The molecule has 0 aliphatic rings. The van der Waals surface area contributed by atoms with Crippen LogP contribution in [0.15, 0.2) is 70.4 Å². The summed E-state index contributed by atoms with van der Waals surface area (Å²) in [5.74, 6) is 0. The molecule has 0 spiro atoms. The smallest absolute Gasteiger partial charge is 0.267 e. The molecule has 6 nitrogen and oxygen atoms in total. The van der Waals surface area contributed by atoms with Crippen molar-refractivity contribution in [3.63, 3.8) is 0 Å². The highest BCUT2D eigenvalue weighted by Crippen LogP contribution is 2.18. The Hall–Kier alpha value is -2.77. The minimum Gasteiger partial charge on any atom is -0.267 e. The van der Waals surface area contributed by atoms with Gasteiger partial charge in [-0.25, -0.2) is 18.2 Å². The van der Waals surface area contributed by atoms with Crippen molar-refractivity contribution >= 4 is 10.0 Å². The highest BCUT2D eigenvalue weighted by atomic mass is 32.2. The summed E-state index contributed by atoms with van der Waals surface area (Å²) >= 11 is 0. The molecule has 0 radical (unpaired) electrons. The number of aryl methyl sites for hydroxylation is 1. The van der Waals surface area contributed by atoms with Crippen LogP contribution in [0.3, 0.4) is 0 Å². The van der Waals surface area contributed by atoms with Crippen molar-refractivity contribution < 1.29 is 8.42 Å². The van der Waals surface area contributed by atoms with Crippen LogP contribution in [0.2, 0.25) is 0 Å². The summed E-state index contributed by atoms with van der Waals surface area (Å²) in [5.41, 5.74) is 2.32. The standard InChI is InChI=1S/C18H17N3O3S/c1-13-11-17(18(22)21-20-13)15-7-9-16(10-8-15)25(23,24)19-12-14-5-3-2-4-6-14/h2-11,19H,12H2,1H3,(H,21,22). The van der Waals surface area contributed by atoms with Gasteiger partial charge >= 0.3 is 0 Å².